The summed E-state index contributed by atoms with van der Waals surface area (Å²) in [7, 11) is 0. The van der Waals surface area contributed by atoms with Crippen LogP contribution in [0.15, 0.2) is 0 Å². The molecule has 21 heavy (non-hydrogen) atoms. The second kappa shape index (κ2) is 7.94. The molecule has 0 amide bonds. The number of piperidine rings is 1. The maximum atomic E-state index is 9.63. The summed E-state index contributed by atoms with van der Waals surface area (Å²) >= 11 is 0. The van der Waals surface area contributed by atoms with Gasteiger partial charge in [0.1, 0.15) is 0 Å². The number of nitrogens with zero attached hydrogens (tertiary/aromatic N) is 1. The molecule has 3 atom stereocenters. The molecule has 0 aromatic rings. The molecule has 0 radical (unpaired) electrons. The molecule has 1 aliphatic heterocycles. The average Bonchev–Trinajstić information content (AvgIpc) is 2.92. The topological polar surface area (TPSA) is 35.5 Å². The molecular formula is C18H36N2O. The molecule has 2 fully saturated rings. The minimum absolute atomic E-state index is 0.105. The Balaban J connectivity index is 1.69. The van der Waals surface area contributed by atoms with Crippen LogP contribution < -0.4 is 5.32 Å². The molecule has 2 N–H and O–H groups in total. The summed E-state index contributed by atoms with van der Waals surface area (Å²) in [6, 6.07) is 1.33. The number of aliphatic hydroxyl groups is 1. The largest absolute Gasteiger partial charge is 0.394 e. The standard InChI is InChI=1S/C18H36N2O/c1-15(2)19-18(3,14-21)11-4-5-12-20-13-7-9-16-8-6-10-17(16)20/h15-17,19,21H,4-14H2,1-3H3. The smallest absolute Gasteiger partial charge is 0.0610 e. The lowest BCUT2D eigenvalue weighted by atomic mass is 9.91. The third-order valence-corrected chi connectivity index (χ3v) is 5.52. The van der Waals surface area contributed by atoms with Gasteiger partial charge in [0.25, 0.3) is 0 Å². The minimum Gasteiger partial charge on any atom is -0.394 e. The van der Waals surface area contributed by atoms with Gasteiger partial charge >= 0.3 is 0 Å². The van der Waals surface area contributed by atoms with Crippen LogP contribution in [-0.4, -0.2) is 47.3 Å². The fraction of sp³-hybridized carbons (Fsp3) is 1.00. The van der Waals surface area contributed by atoms with Gasteiger partial charge in [-0.25, -0.2) is 0 Å². The van der Waals surface area contributed by atoms with Crippen LogP contribution in [0.2, 0.25) is 0 Å². The van der Waals surface area contributed by atoms with Gasteiger partial charge in [0.2, 0.25) is 0 Å². The van der Waals surface area contributed by atoms with E-state index in [1.807, 2.05) is 0 Å². The second-order valence-corrected chi connectivity index (χ2v) is 7.91. The molecule has 1 aliphatic carbocycles. The molecular weight excluding hydrogens is 260 g/mol. The Morgan fingerprint density at radius 2 is 1.95 bits per heavy atom. The summed E-state index contributed by atoms with van der Waals surface area (Å²) in [6.45, 7) is 9.29. The number of hydrogen-bond acceptors (Lipinski definition) is 3. The van der Waals surface area contributed by atoms with Gasteiger partial charge in [0.15, 0.2) is 0 Å². The highest BCUT2D eigenvalue weighted by Crippen LogP contribution is 2.36. The van der Waals surface area contributed by atoms with E-state index in [1.165, 1.54) is 58.0 Å². The second-order valence-electron chi connectivity index (χ2n) is 7.91. The Labute approximate surface area is 131 Å². The molecule has 0 aromatic carbocycles. The number of fused-ring (bicyclic) bond motifs is 1. The van der Waals surface area contributed by atoms with Gasteiger partial charge in [-0.2, -0.15) is 0 Å². The van der Waals surface area contributed by atoms with Crippen molar-refractivity contribution in [1.29, 1.82) is 0 Å². The molecule has 124 valence electrons. The van der Waals surface area contributed by atoms with Crippen molar-refractivity contribution in [3.63, 3.8) is 0 Å². The third-order valence-electron chi connectivity index (χ3n) is 5.52. The summed E-state index contributed by atoms with van der Waals surface area (Å²) in [4.78, 5) is 2.77. The van der Waals surface area contributed by atoms with Crippen molar-refractivity contribution in [2.24, 2.45) is 5.92 Å². The molecule has 2 rings (SSSR count). The van der Waals surface area contributed by atoms with Crippen LogP contribution in [0, 0.1) is 5.92 Å². The lowest BCUT2D eigenvalue weighted by molar-refractivity contribution is 0.107. The van der Waals surface area contributed by atoms with Crippen LogP contribution >= 0.6 is 0 Å². The first-order valence-electron chi connectivity index (χ1n) is 9.17. The molecule has 3 nitrogen and oxygen atoms in total. The number of aliphatic hydroxyl groups excluding tert-OH is 1. The van der Waals surface area contributed by atoms with Gasteiger partial charge in [0, 0.05) is 17.6 Å². The van der Waals surface area contributed by atoms with Crippen molar-refractivity contribution in [2.45, 2.75) is 89.8 Å². The highest BCUT2D eigenvalue weighted by atomic mass is 16.3. The third kappa shape index (κ3) is 4.94. The molecule has 0 spiro atoms. The molecule has 3 heteroatoms. The zero-order valence-electron chi connectivity index (χ0n) is 14.4. The van der Waals surface area contributed by atoms with Crippen LogP contribution in [0.4, 0.5) is 0 Å². The number of nitrogens with one attached hydrogen (secondary N) is 1. The predicted molar refractivity (Wildman–Crippen MR) is 89.5 cm³/mol. The summed E-state index contributed by atoms with van der Waals surface area (Å²) in [5, 5.41) is 13.2. The highest BCUT2D eigenvalue weighted by Gasteiger charge is 2.34. The van der Waals surface area contributed by atoms with Gasteiger partial charge in [0.05, 0.1) is 6.61 Å². The van der Waals surface area contributed by atoms with E-state index in [0.717, 1.165) is 18.4 Å². The first kappa shape index (κ1) is 17.2. The van der Waals surface area contributed by atoms with E-state index in [4.69, 9.17) is 0 Å². The van der Waals surface area contributed by atoms with Crippen molar-refractivity contribution < 1.29 is 5.11 Å². The quantitative estimate of drug-likeness (QED) is 0.675. The lowest BCUT2D eigenvalue weighted by Gasteiger charge is -2.38. The molecule has 0 aromatic heterocycles. The van der Waals surface area contributed by atoms with Crippen molar-refractivity contribution in [2.75, 3.05) is 19.7 Å². The number of rotatable bonds is 8. The highest BCUT2D eigenvalue weighted by molar-refractivity contribution is 4.89. The van der Waals surface area contributed by atoms with E-state index in [1.54, 1.807) is 0 Å². The summed E-state index contributed by atoms with van der Waals surface area (Å²) in [5.41, 5.74) is -0.105. The van der Waals surface area contributed by atoms with E-state index < -0.39 is 0 Å². The maximum absolute atomic E-state index is 9.63. The first-order valence-corrected chi connectivity index (χ1v) is 9.17. The molecule has 1 saturated heterocycles. The molecule has 0 bridgehead atoms. The van der Waals surface area contributed by atoms with Crippen LogP contribution in [0.5, 0.6) is 0 Å². The number of hydrogen-bond donors (Lipinski definition) is 2. The minimum atomic E-state index is -0.105. The van der Waals surface area contributed by atoms with Crippen LogP contribution in [-0.2, 0) is 0 Å². The van der Waals surface area contributed by atoms with Gasteiger partial charge in [-0.05, 0) is 64.5 Å². The van der Waals surface area contributed by atoms with Gasteiger partial charge in [-0.15, -0.1) is 0 Å². The zero-order valence-corrected chi connectivity index (χ0v) is 14.4. The van der Waals surface area contributed by atoms with E-state index in [2.05, 4.69) is 31.0 Å². The Bertz CT molecular complexity index is 308. The van der Waals surface area contributed by atoms with E-state index in [9.17, 15) is 5.11 Å². The number of likely N-dealkylation sites (tertiary alicyclic amines) is 1. The van der Waals surface area contributed by atoms with Crippen molar-refractivity contribution in [1.82, 2.24) is 10.2 Å². The molecule has 3 unspecified atom stereocenters. The maximum Gasteiger partial charge on any atom is 0.0610 e. The van der Waals surface area contributed by atoms with Crippen LogP contribution in [0.1, 0.15) is 72.1 Å². The number of unbranched alkanes of at least 4 members (excludes halogenated alkanes) is 1. The van der Waals surface area contributed by atoms with Gasteiger partial charge < -0.3 is 15.3 Å². The normalized spacial score (nSPS) is 29.6. The van der Waals surface area contributed by atoms with Crippen molar-refractivity contribution in [3.8, 4) is 0 Å². The van der Waals surface area contributed by atoms with E-state index in [0.29, 0.717) is 6.04 Å². The first-order chi connectivity index (χ1) is 10.0. The molecule has 2 aliphatic rings. The fourth-order valence-corrected chi connectivity index (χ4v) is 4.56. The van der Waals surface area contributed by atoms with Crippen LogP contribution in [0.3, 0.4) is 0 Å². The Morgan fingerprint density at radius 1 is 1.19 bits per heavy atom. The predicted octanol–water partition coefficient (Wildman–Crippen LogP) is 3.17. The molecule has 1 heterocycles. The average molecular weight is 296 g/mol. The van der Waals surface area contributed by atoms with Crippen molar-refractivity contribution in [3.05, 3.63) is 0 Å². The fourth-order valence-electron chi connectivity index (χ4n) is 4.56. The summed E-state index contributed by atoms with van der Waals surface area (Å²) in [6.07, 6.45) is 10.8. The summed E-state index contributed by atoms with van der Waals surface area (Å²) in [5.74, 6) is 1.00. The van der Waals surface area contributed by atoms with Gasteiger partial charge in [-0.3, -0.25) is 0 Å². The van der Waals surface area contributed by atoms with Crippen molar-refractivity contribution >= 4 is 0 Å². The van der Waals surface area contributed by atoms with Gasteiger partial charge in [-0.1, -0.05) is 26.7 Å². The van der Waals surface area contributed by atoms with Crippen LogP contribution in [0.25, 0.3) is 0 Å². The Morgan fingerprint density at radius 3 is 2.67 bits per heavy atom. The zero-order chi connectivity index (χ0) is 15.3. The van der Waals surface area contributed by atoms with E-state index in [-0.39, 0.29) is 12.1 Å². The van der Waals surface area contributed by atoms with E-state index >= 15 is 0 Å². The summed E-state index contributed by atoms with van der Waals surface area (Å²) < 4.78 is 0. The SMILES string of the molecule is CC(C)NC(C)(CO)CCCCN1CCCC2CCCC21. The Hall–Kier alpha value is -0.120. The molecule has 1 saturated carbocycles. The Kier molecular flexibility index (Phi) is 6.51. The monoisotopic (exact) mass is 296 g/mol. The lowest BCUT2D eigenvalue weighted by Crippen LogP contribution is -2.49.